The monoisotopic (exact) mass is 376 g/mol. The molecule has 0 spiro atoms. The summed E-state index contributed by atoms with van der Waals surface area (Å²) in [5.74, 6) is -0.331. The van der Waals surface area contributed by atoms with E-state index in [0.717, 1.165) is 11.3 Å². The van der Waals surface area contributed by atoms with Crippen molar-refractivity contribution < 1.29 is 18.0 Å². The maximum atomic E-state index is 12.3. The first-order chi connectivity index (χ1) is 12.4. The third-order valence-electron chi connectivity index (χ3n) is 3.64. The number of halogens is 3. The van der Waals surface area contributed by atoms with E-state index in [1.54, 1.807) is 0 Å². The molecule has 0 fully saturated rings. The van der Waals surface area contributed by atoms with Gasteiger partial charge in [0.25, 0.3) is 5.91 Å². The van der Waals surface area contributed by atoms with Crippen molar-refractivity contribution >= 4 is 17.7 Å². The Balaban J connectivity index is 1.56. The van der Waals surface area contributed by atoms with Gasteiger partial charge in [-0.15, -0.1) is 0 Å². The number of rotatable bonds is 5. The molecule has 3 rings (SSSR count). The maximum absolute atomic E-state index is 12.3. The molecule has 3 aromatic rings. The van der Waals surface area contributed by atoms with Gasteiger partial charge in [-0.1, -0.05) is 12.1 Å². The van der Waals surface area contributed by atoms with Gasteiger partial charge in [0.1, 0.15) is 0 Å². The predicted octanol–water partition coefficient (Wildman–Crippen LogP) is 5.02. The molecule has 3 nitrogen and oxygen atoms in total. The van der Waals surface area contributed by atoms with E-state index >= 15 is 0 Å². The zero-order valence-electron chi connectivity index (χ0n) is 13.5. The van der Waals surface area contributed by atoms with Gasteiger partial charge in [-0.2, -0.15) is 13.2 Å². The third-order valence-corrected chi connectivity index (χ3v) is 4.38. The fourth-order valence-corrected chi connectivity index (χ4v) is 2.92. The van der Waals surface area contributed by atoms with E-state index in [1.165, 1.54) is 24.3 Å². The number of amides is 1. The number of carbonyl (C=O) groups excluding carboxylic acids is 1. The van der Waals surface area contributed by atoms with Gasteiger partial charge in [0.05, 0.1) is 0 Å². The van der Waals surface area contributed by atoms with Crippen LogP contribution in [-0.2, 0) is 6.54 Å². The topological polar surface area (TPSA) is 34.0 Å². The number of nitrogens with zero attached hydrogens (tertiary/aromatic N) is 1. The molecule has 1 amide bonds. The molecule has 7 heteroatoms. The number of hydrogen-bond donors (Lipinski definition) is 1. The van der Waals surface area contributed by atoms with Crippen LogP contribution in [0, 0.1) is 0 Å². The predicted molar refractivity (Wildman–Crippen MR) is 95.3 cm³/mol. The lowest BCUT2D eigenvalue weighted by Gasteiger charge is -2.09. The highest BCUT2D eigenvalue weighted by atomic mass is 32.2. The summed E-state index contributed by atoms with van der Waals surface area (Å²) in [6.07, 6.45) is 3.88. The van der Waals surface area contributed by atoms with Gasteiger partial charge in [0.15, 0.2) is 0 Å². The summed E-state index contributed by atoms with van der Waals surface area (Å²) < 4.78 is 38.9. The minimum absolute atomic E-state index is 0.0506. The average molecular weight is 376 g/mol. The molecule has 0 radical (unpaired) electrons. The zero-order chi connectivity index (χ0) is 18.6. The van der Waals surface area contributed by atoms with E-state index < -0.39 is 5.51 Å². The number of alkyl halides is 3. The van der Waals surface area contributed by atoms with Crippen molar-refractivity contribution in [2.75, 3.05) is 0 Å². The van der Waals surface area contributed by atoms with Crippen molar-refractivity contribution in [3.05, 3.63) is 84.2 Å². The summed E-state index contributed by atoms with van der Waals surface area (Å²) >= 11 is -0.202. The fourth-order valence-electron chi connectivity index (χ4n) is 2.38. The van der Waals surface area contributed by atoms with Gasteiger partial charge in [-0.3, -0.25) is 4.79 Å². The van der Waals surface area contributed by atoms with E-state index in [4.69, 9.17) is 0 Å². The molecule has 0 unspecified atom stereocenters. The van der Waals surface area contributed by atoms with Crippen LogP contribution in [0.1, 0.15) is 15.9 Å². The lowest BCUT2D eigenvalue weighted by Crippen LogP contribution is -2.22. The van der Waals surface area contributed by atoms with E-state index in [-0.39, 0.29) is 22.6 Å². The number of benzene rings is 2. The number of hydrogen-bond acceptors (Lipinski definition) is 2. The van der Waals surface area contributed by atoms with Gasteiger partial charge >= 0.3 is 5.51 Å². The Morgan fingerprint density at radius 2 is 1.58 bits per heavy atom. The van der Waals surface area contributed by atoms with Crippen LogP contribution < -0.4 is 5.32 Å². The molecule has 0 saturated carbocycles. The minimum atomic E-state index is -4.34. The Morgan fingerprint density at radius 3 is 2.15 bits per heavy atom. The minimum Gasteiger partial charge on any atom is -0.348 e. The van der Waals surface area contributed by atoms with E-state index in [9.17, 15) is 18.0 Å². The molecule has 1 aromatic heterocycles. The summed E-state index contributed by atoms with van der Waals surface area (Å²) in [6.45, 7) is 0.337. The lowest BCUT2D eigenvalue weighted by molar-refractivity contribution is -0.0328. The molecule has 0 aliphatic rings. The zero-order valence-corrected chi connectivity index (χ0v) is 14.3. The fraction of sp³-hybridized carbons (Fsp3) is 0.105. The van der Waals surface area contributed by atoms with Crippen LogP contribution in [0.25, 0.3) is 5.69 Å². The first kappa shape index (κ1) is 18.1. The molecule has 2 aromatic carbocycles. The van der Waals surface area contributed by atoms with Gasteiger partial charge in [-0.25, -0.2) is 0 Å². The molecule has 0 aliphatic heterocycles. The van der Waals surface area contributed by atoms with Crippen molar-refractivity contribution in [2.24, 2.45) is 0 Å². The van der Waals surface area contributed by atoms with Crippen molar-refractivity contribution in [2.45, 2.75) is 16.9 Å². The van der Waals surface area contributed by atoms with Crippen molar-refractivity contribution in [3.8, 4) is 5.69 Å². The van der Waals surface area contributed by atoms with Crippen molar-refractivity contribution in [3.63, 3.8) is 0 Å². The Hall–Kier alpha value is -2.67. The second kappa shape index (κ2) is 7.70. The van der Waals surface area contributed by atoms with Gasteiger partial charge in [0.2, 0.25) is 0 Å². The summed E-state index contributed by atoms with van der Waals surface area (Å²) in [4.78, 5) is 12.2. The maximum Gasteiger partial charge on any atom is 0.446 e. The number of thioether (sulfide) groups is 1. The molecular formula is C19H15F3N2OS. The van der Waals surface area contributed by atoms with Crippen LogP contribution in [0.2, 0.25) is 0 Å². The molecule has 1 N–H and O–H groups in total. The number of aromatic nitrogens is 1. The largest absolute Gasteiger partial charge is 0.446 e. The van der Waals surface area contributed by atoms with E-state index in [1.807, 2.05) is 53.4 Å². The number of carbonyl (C=O) groups is 1. The normalized spacial score (nSPS) is 11.3. The SMILES string of the molecule is O=C(NCc1ccc(-n2cccc2)cc1)c1ccc(SC(F)(F)F)cc1. The summed E-state index contributed by atoms with van der Waals surface area (Å²) in [5.41, 5.74) is -2.07. The summed E-state index contributed by atoms with van der Waals surface area (Å²) in [6, 6.07) is 17.0. The van der Waals surface area contributed by atoms with Crippen LogP contribution in [0.4, 0.5) is 13.2 Å². The Kier molecular flexibility index (Phi) is 5.37. The molecule has 0 saturated heterocycles. The average Bonchev–Trinajstić information content (AvgIpc) is 3.14. The van der Waals surface area contributed by atoms with Gasteiger partial charge in [-0.05, 0) is 65.9 Å². The standard InChI is InChI=1S/C19H15F3N2OS/c20-19(21,22)26-17-9-5-15(6-10-17)18(25)23-13-14-3-7-16(8-4-14)24-11-1-2-12-24/h1-12H,13H2,(H,23,25). The highest BCUT2D eigenvalue weighted by molar-refractivity contribution is 8.00. The molecule has 26 heavy (non-hydrogen) atoms. The van der Waals surface area contributed by atoms with Crippen molar-refractivity contribution in [1.82, 2.24) is 9.88 Å². The van der Waals surface area contributed by atoms with Gasteiger partial charge < -0.3 is 9.88 Å². The Labute approximate surface area is 152 Å². The lowest BCUT2D eigenvalue weighted by atomic mass is 10.2. The number of nitrogens with one attached hydrogen (secondary N) is 1. The smallest absolute Gasteiger partial charge is 0.348 e. The molecule has 134 valence electrons. The molecular weight excluding hydrogens is 361 g/mol. The molecule has 1 heterocycles. The third kappa shape index (κ3) is 4.92. The van der Waals surface area contributed by atoms with E-state index in [0.29, 0.717) is 12.1 Å². The molecule has 0 bridgehead atoms. The van der Waals surface area contributed by atoms with Crippen LogP contribution in [0.15, 0.2) is 78.0 Å². The second-order valence-electron chi connectivity index (χ2n) is 5.51. The Bertz CT molecular complexity index is 857. The quantitative estimate of drug-likeness (QED) is 0.635. The van der Waals surface area contributed by atoms with Crippen LogP contribution in [0.3, 0.4) is 0 Å². The van der Waals surface area contributed by atoms with Crippen LogP contribution in [0.5, 0.6) is 0 Å². The van der Waals surface area contributed by atoms with Crippen molar-refractivity contribution in [1.29, 1.82) is 0 Å². The van der Waals surface area contributed by atoms with Crippen LogP contribution >= 0.6 is 11.8 Å². The van der Waals surface area contributed by atoms with Gasteiger partial charge in [0, 0.05) is 35.1 Å². The molecule has 0 aliphatic carbocycles. The molecule has 0 atom stereocenters. The first-order valence-corrected chi connectivity index (χ1v) is 8.59. The second-order valence-corrected chi connectivity index (χ2v) is 6.65. The first-order valence-electron chi connectivity index (χ1n) is 7.77. The van der Waals surface area contributed by atoms with Crippen LogP contribution in [-0.4, -0.2) is 16.0 Å². The Morgan fingerprint density at radius 1 is 0.962 bits per heavy atom. The highest BCUT2D eigenvalue weighted by Crippen LogP contribution is 2.36. The summed E-state index contributed by atoms with van der Waals surface area (Å²) in [5, 5.41) is 2.76. The summed E-state index contributed by atoms with van der Waals surface area (Å²) in [7, 11) is 0. The van der Waals surface area contributed by atoms with E-state index in [2.05, 4.69) is 5.32 Å². The highest BCUT2D eigenvalue weighted by Gasteiger charge is 2.29.